The Morgan fingerprint density at radius 1 is 0.328 bits per heavy atom. The molecule has 0 aliphatic carbocycles. The lowest BCUT2D eigenvalue weighted by Gasteiger charge is -2.13. The van der Waals surface area contributed by atoms with Gasteiger partial charge in [0.25, 0.3) is 0 Å². The summed E-state index contributed by atoms with van der Waals surface area (Å²) < 4.78 is 4.61. The number of benzene rings is 9. The van der Waals surface area contributed by atoms with E-state index in [-0.39, 0.29) is 0 Å². The van der Waals surface area contributed by atoms with Gasteiger partial charge in [-0.15, -0.1) is 0 Å². The molecule has 0 N–H and O–H groups in total. The van der Waals surface area contributed by atoms with Crippen LogP contribution in [0.5, 0.6) is 0 Å². The number of fused-ring (bicyclic) bond motifs is 9. The Morgan fingerprint density at radius 3 is 1.76 bits per heavy atom. The second-order valence-corrected chi connectivity index (χ2v) is 15.0. The van der Waals surface area contributed by atoms with E-state index >= 15 is 0 Å². The lowest BCUT2D eigenvalue weighted by Crippen LogP contribution is -2.03. The van der Waals surface area contributed by atoms with Crippen LogP contribution in [0.25, 0.3) is 110 Å². The van der Waals surface area contributed by atoms with Crippen molar-refractivity contribution in [3.05, 3.63) is 206 Å². The van der Waals surface area contributed by atoms with E-state index in [0.717, 1.165) is 55.2 Å². The topological polar surface area (TPSA) is 35.6 Å². The third-order valence-electron chi connectivity index (χ3n) is 11.7. The molecule has 0 aliphatic heterocycles. The van der Waals surface area contributed by atoms with Gasteiger partial charge in [0, 0.05) is 43.6 Å². The summed E-state index contributed by atoms with van der Waals surface area (Å²) in [6, 6.07) is 73.8. The van der Waals surface area contributed by atoms with Crippen LogP contribution in [0.1, 0.15) is 0 Å². The minimum Gasteiger partial charge on any atom is -0.309 e. The fourth-order valence-electron chi connectivity index (χ4n) is 9.09. The Morgan fingerprint density at radius 2 is 0.948 bits per heavy atom. The van der Waals surface area contributed by atoms with Crippen LogP contribution in [-0.4, -0.2) is 19.1 Å². The van der Waals surface area contributed by atoms with Crippen molar-refractivity contribution in [1.82, 2.24) is 19.1 Å². The number of hydrogen-bond donors (Lipinski definition) is 0. The van der Waals surface area contributed by atoms with Gasteiger partial charge in [-0.3, -0.25) is 4.57 Å². The minimum absolute atomic E-state index is 0.661. The summed E-state index contributed by atoms with van der Waals surface area (Å²) in [5.41, 5.74) is 13.4. The summed E-state index contributed by atoms with van der Waals surface area (Å²) >= 11 is 0. The van der Waals surface area contributed by atoms with Crippen molar-refractivity contribution in [1.29, 1.82) is 0 Å². The second-order valence-electron chi connectivity index (χ2n) is 15.0. The van der Waals surface area contributed by atoms with Gasteiger partial charge in [0.1, 0.15) is 0 Å². The lowest BCUT2D eigenvalue weighted by molar-refractivity contribution is 1.02. The molecule has 3 aromatic heterocycles. The zero-order chi connectivity index (χ0) is 38.2. The number of nitrogens with zero attached hydrogens (tertiary/aromatic N) is 4. The highest BCUT2D eigenvalue weighted by molar-refractivity contribution is 6.16. The molecular formula is C54H34N4. The minimum atomic E-state index is 0.661. The SMILES string of the molecule is c1ccc(-c2nc(-n3c4ccccc4c4cc(-c5ccc(-c6cccc7c6c6ccccc6n7-c6ccccc6)cc5)ccc43)nc3c2ccc2ccccc23)cc1. The third-order valence-corrected chi connectivity index (χ3v) is 11.7. The quantitative estimate of drug-likeness (QED) is 0.165. The van der Waals surface area contributed by atoms with Crippen LogP contribution < -0.4 is 0 Å². The molecule has 0 atom stereocenters. The first-order chi connectivity index (χ1) is 28.8. The van der Waals surface area contributed by atoms with Crippen LogP contribution in [-0.2, 0) is 0 Å². The number of aromatic nitrogens is 4. The van der Waals surface area contributed by atoms with Crippen LogP contribution in [0.15, 0.2) is 206 Å². The zero-order valence-corrected chi connectivity index (χ0v) is 31.4. The first-order valence-corrected chi connectivity index (χ1v) is 19.8. The molecule has 4 nitrogen and oxygen atoms in total. The standard InChI is InChI=1S/C54H34N4/c1-3-15-38(16-4-1)52-45-32-30-36-14-7-8-19-42(36)53(45)56-54(55-52)58-47-23-11-9-20-43(47)46-34-39(31-33-49(46)58)35-26-28-37(29-27-35)41-22-13-25-50-51(41)44-21-10-12-24-48(44)57(50)40-17-5-2-6-18-40/h1-34H. The monoisotopic (exact) mass is 738 g/mol. The molecule has 0 saturated carbocycles. The highest BCUT2D eigenvalue weighted by Crippen LogP contribution is 2.40. The molecule has 58 heavy (non-hydrogen) atoms. The van der Waals surface area contributed by atoms with Gasteiger partial charge >= 0.3 is 0 Å². The Hall–Kier alpha value is -7.82. The molecule has 0 bridgehead atoms. The van der Waals surface area contributed by atoms with E-state index in [2.05, 4.69) is 209 Å². The van der Waals surface area contributed by atoms with Gasteiger partial charge in [-0.1, -0.05) is 158 Å². The van der Waals surface area contributed by atoms with Crippen LogP contribution in [0.2, 0.25) is 0 Å². The van der Waals surface area contributed by atoms with Crippen LogP contribution in [0, 0.1) is 0 Å². The molecule has 0 aliphatic rings. The van der Waals surface area contributed by atoms with E-state index in [9.17, 15) is 0 Å². The van der Waals surface area contributed by atoms with Gasteiger partial charge in [0.2, 0.25) is 5.95 Å². The van der Waals surface area contributed by atoms with Crippen molar-refractivity contribution < 1.29 is 0 Å². The van der Waals surface area contributed by atoms with Gasteiger partial charge in [0.05, 0.1) is 33.3 Å². The molecule has 0 fully saturated rings. The van der Waals surface area contributed by atoms with E-state index in [0.29, 0.717) is 5.95 Å². The maximum absolute atomic E-state index is 5.36. The van der Waals surface area contributed by atoms with Gasteiger partial charge in [0.15, 0.2) is 0 Å². The molecule has 0 radical (unpaired) electrons. The maximum Gasteiger partial charge on any atom is 0.235 e. The number of para-hydroxylation sites is 3. The average molecular weight is 739 g/mol. The Balaban J connectivity index is 1.00. The number of rotatable bonds is 5. The Labute approximate surface area is 334 Å². The highest BCUT2D eigenvalue weighted by atomic mass is 15.2. The zero-order valence-electron chi connectivity index (χ0n) is 31.4. The molecule has 4 heteroatoms. The van der Waals surface area contributed by atoms with Crippen LogP contribution in [0.4, 0.5) is 0 Å². The van der Waals surface area contributed by atoms with Crippen molar-refractivity contribution in [3.8, 4) is 45.1 Å². The van der Waals surface area contributed by atoms with E-state index in [1.54, 1.807) is 0 Å². The Bertz CT molecular complexity index is 3540. The smallest absolute Gasteiger partial charge is 0.235 e. The molecule has 0 unspecified atom stereocenters. The predicted octanol–water partition coefficient (Wildman–Crippen LogP) is 14.0. The van der Waals surface area contributed by atoms with Crippen molar-refractivity contribution >= 4 is 65.3 Å². The maximum atomic E-state index is 5.36. The molecule has 0 amide bonds. The molecular weight excluding hydrogens is 705 g/mol. The second kappa shape index (κ2) is 12.9. The molecule has 0 spiro atoms. The van der Waals surface area contributed by atoms with E-state index in [4.69, 9.17) is 9.97 Å². The van der Waals surface area contributed by atoms with Gasteiger partial charge in [-0.25, -0.2) is 9.97 Å². The van der Waals surface area contributed by atoms with Crippen molar-refractivity contribution in [2.75, 3.05) is 0 Å². The predicted molar refractivity (Wildman–Crippen MR) is 242 cm³/mol. The third kappa shape index (κ3) is 4.95. The molecule has 270 valence electrons. The van der Waals surface area contributed by atoms with Gasteiger partial charge in [-0.05, 0) is 76.2 Å². The molecule has 3 heterocycles. The first kappa shape index (κ1) is 32.4. The summed E-state index contributed by atoms with van der Waals surface area (Å²) in [5, 5.41) is 8.17. The first-order valence-electron chi connectivity index (χ1n) is 19.8. The largest absolute Gasteiger partial charge is 0.309 e. The van der Waals surface area contributed by atoms with Crippen LogP contribution >= 0.6 is 0 Å². The molecule has 0 saturated heterocycles. The van der Waals surface area contributed by atoms with E-state index in [1.165, 1.54) is 49.3 Å². The van der Waals surface area contributed by atoms with Crippen molar-refractivity contribution in [2.24, 2.45) is 0 Å². The van der Waals surface area contributed by atoms with E-state index in [1.807, 2.05) is 6.07 Å². The summed E-state index contributed by atoms with van der Waals surface area (Å²) in [5.74, 6) is 0.661. The highest BCUT2D eigenvalue weighted by Gasteiger charge is 2.20. The summed E-state index contributed by atoms with van der Waals surface area (Å²) in [7, 11) is 0. The summed E-state index contributed by atoms with van der Waals surface area (Å²) in [4.78, 5) is 10.7. The summed E-state index contributed by atoms with van der Waals surface area (Å²) in [6.45, 7) is 0. The fourth-order valence-corrected chi connectivity index (χ4v) is 9.09. The summed E-state index contributed by atoms with van der Waals surface area (Å²) in [6.07, 6.45) is 0. The molecule has 12 aromatic rings. The van der Waals surface area contributed by atoms with Crippen molar-refractivity contribution in [3.63, 3.8) is 0 Å². The van der Waals surface area contributed by atoms with Crippen LogP contribution in [0.3, 0.4) is 0 Å². The molecule has 9 aromatic carbocycles. The van der Waals surface area contributed by atoms with E-state index < -0.39 is 0 Å². The van der Waals surface area contributed by atoms with Gasteiger partial charge < -0.3 is 4.57 Å². The average Bonchev–Trinajstić information content (AvgIpc) is 3.82. The molecule has 12 rings (SSSR count). The van der Waals surface area contributed by atoms with Gasteiger partial charge in [-0.2, -0.15) is 0 Å². The van der Waals surface area contributed by atoms with Crippen molar-refractivity contribution in [2.45, 2.75) is 0 Å². The fraction of sp³-hybridized carbons (Fsp3) is 0. The normalized spacial score (nSPS) is 11.8. The lowest BCUT2D eigenvalue weighted by atomic mass is 9.96. The Kier molecular flexibility index (Phi) is 7.20. The number of hydrogen-bond acceptors (Lipinski definition) is 2.